The lowest BCUT2D eigenvalue weighted by molar-refractivity contribution is -0.128. The highest BCUT2D eigenvalue weighted by Gasteiger charge is 2.16. The lowest BCUT2D eigenvalue weighted by Gasteiger charge is -2.27. The van der Waals surface area contributed by atoms with E-state index in [1.165, 1.54) is 11.8 Å². The number of hydrogen-bond acceptors (Lipinski definition) is 3. The number of nitrogens with one attached hydrogen (secondary N) is 1. The van der Waals surface area contributed by atoms with Gasteiger partial charge in [-0.3, -0.25) is 4.79 Å². The van der Waals surface area contributed by atoms with Gasteiger partial charge in [0.1, 0.15) is 0 Å². The number of thioether (sulfide) groups is 1. The molecule has 0 aromatic heterocycles. The molecule has 2 rings (SSSR count). The van der Waals surface area contributed by atoms with E-state index in [1.807, 2.05) is 11.0 Å². The smallest absolute Gasteiger partial charge is 0.233 e. The maximum atomic E-state index is 12.0. The molecular formula is C12H14Cl2N2OS. The number of nitrogens with zero attached hydrogens (tertiary/aromatic N) is 1. The molecule has 1 fully saturated rings. The Hall–Kier alpha value is -0.420. The van der Waals surface area contributed by atoms with E-state index < -0.39 is 0 Å². The highest BCUT2D eigenvalue weighted by molar-refractivity contribution is 8.00. The Morgan fingerprint density at radius 2 is 2.06 bits per heavy atom. The Kier molecular flexibility index (Phi) is 5.18. The van der Waals surface area contributed by atoms with Gasteiger partial charge in [-0.05, 0) is 18.2 Å². The summed E-state index contributed by atoms with van der Waals surface area (Å²) in [4.78, 5) is 14.7. The molecule has 1 aromatic rings. The lowest BCUT2D eigenvalue weighted by Crippen LogP contribution is -2.47. The Balaban J connectivity index is 1.88. The van der Waals surface area contributed by atoms with Gasteiger partial charge in [-0.1, -0.05) is 23.2 Å². The summed E-state index contributed by atoms with van der Waals surface area (Å²) in [6, 6.07) is 5.33. The largest absolute Gasteiger partial charge is 0.339 e. The molecular weight excluding hydrogens is 291 g/mol. The van der Waals surface area contributed by atoms with Gasteiger partial charge in [0.05, 0.1) is 10.8 Å². The van der Waals surface area contributed by atoms with Crippen molar-refractivity contribution in [2.75, 3.05) is 31.9 Å². The van der Waals surface area contributed by atoms with Crippen LogP contribution in [0.4, 0.5) is 0 Å². The minimum Gasteiger partial charge on any atom is -0.339 e. The Morgan fingerprint density at radius 1 is 1.33 bits per heavy atom. The van der Waals surface area contributed by atoms with Crippen molar-refractivity contribution in [1.29, 1.82) is 0 Å². The topological polar surface area (TPSA) is 32.3 Å². The molecule has 1 heterocycles. The monoisotopic (exact) mass is 304 g/mol. The fraction of sp³-hybridized carbons (Fsp3) is 0.417. The van der Waals surface area contributed by atoms with E-state index in [0.29, 0.717) is 15.8 Å². The normalized spacial score (nSPS) is 15.8. The highest BCUT2D eigenvalue weighted by atomic mass is 35.5. The Morgan fingerprint density at radius 3 is 2.72 bits per heavy atom. The molecule has 1 N–H and O–H groups in total. The second-order valence-electron chi connectivity index (χ2n) is 3.99. The van der Waals surface area contributed by atoms with Crippen LogP contribution in [0.15, 0.2) is 23.1 Å². The summed E-state index contributed by atoms with van der Waals surface area (Å²) < 4.78 is 0. The number of piperazine rings is 1. The highest BCUT2D eigenvalue weighted by Crippen LogP contribution is 2.29. The van der Waals surface area contributed by atoms with Crippen LogP contribution in [0.1, 0.15) is 0 Å². The maximum Gasteiger partial charge on any atom is 0.233 e. The predicted octanol–water partition coefficient (Wildman–Crippen LogP) is 2.52. The molecule has 0 spiro atoms. The first kappa shape index (κ1) is 14.0. The van der Waals surface area contributed by atoms with Gasteiger partial charge >= 0.3 is 0 Å². The van der Waals surface area contributed by atoms with Crippen molar-refractivity contribution in [2.24, 2.45) is 0 Å². The van der Waals surface area contributed by atoms with E-state index in [1.54, 1.807) is 12.1 Å². The minimum absolute atomic E-state index is 0.160. The van der Waals surface area contributed by atoms with E-state index in [2.05, 4.69) is 5.32 Å². The van der Waals surface area contributed by atoms with E-state index in [-0.39, 0.29) is 5.91 Å². The van der Waals surface area contributed by atoms with Crippen LogP contribution in [0.5, 0.6) is 0 Å². The minimum atomic E-state index is 0.160. The molecule has 0 unspecified atom stereocenters. The van der Waals surface area contributed by atoms with Crippen molar-refractivity contribution >= 4 is 40.9 Å². The van der Waals surface area contributed by atoms with E-state index in [0.717, 1.165) is 31.1 Å². The predicted molar refractivity (Wildman–Crippen MR) is 76.6 cm³/mol. The van der Waals surface area contributed by atoms with Gasteiger partial charge in [0, 0.05) is 36.1 Å². The standard InChI is InChI=1S/C12H14Cl2N2OS/c13-9-1-2-11(10(14)7-9)18-8-12(17)16-5-3-15-4-6-16/h1-2,7,15H,3-6,8H2. The van der Waals surface area contributed by atoms with Gasteiger partial charge in [0.15, 0.2) is 0 Å². The van der Waals surface area contributed by atoms with Gasteiger partial charge in [0.2, 0.25) is 5.91 Å². The molecule has 1 amide bonds. The number of benzene rings is 1. The molecule has 1 aliphatic rings. The summed E-state index contributed by atoms with van der Waals surface area (Å²) >= 11 is 13.3. The molecule has 0 atom stereocenters. The molecule has 1 saturated heterocycles. The number of carbonyl (C=O) groups excluding carboxylic acids is 1. The van der Waals surface area contributed by atoms with Crippen LogP contribution in [-0.2, 0) is 4.79 Å². The van der Waals surface area contributed by atoms with Crippen molar-refractivity contribution < 1.29 is 4.79 Å². The van der Waals surface area contributed by atoms with Gasteiger partial charge in [-0.25, -0.2) is 0 Å². The molecule has 0 bridgehead atoms. The first-order valence-electron chi connectivity index (χ1n) is 5.73. The molecule has 3 nitrogen and oxygen atoms in total. The second-order valence-corrected chi connectivity index (χ2v) is 5.86. The maximum absolute atomic E-state index is 12.0. The van der Waals surface area contributed by atoms with Crippen LogP contribution in [0, 0.1) is 0 Å². The van der Waals surface area contributed by atoms with Crippen molar-refractivity contribution in [1.82, 2.24) is 10.2 Å². The van der Waals surface area contributed by atoms with Crippen LogP contribution in [0.25, 0.3) is 0 Å². The Labute approximate surface area is 121 Å². The van der Waals surface area contributed by atoms with Crippen molar-refractivity contribution in [3.63, 3.8) is 0 Å². The number of halogens is 2. The van der Waals surface area contributed by atoms with Crippen LogP contribution < -0.4 is 5.32 Å². The van der Waals surface area contributed by atoms with Crippen LogP contribution in [-0.4, -0.2) is 42.7 Å². The lowest BCUT2D eigenvalue weighted by atomic mass is 10.3. The summed E-state index contributed by atoms with van der Waals surface area (Å²) in [6.07, 6.45) is 0. The first-order chi connectivity index (χ1) is 8.66. The number of carbonyl (C=O) groups is 1. The molecule has 0 radical (unpaired) electrons. The van der Waals surface area contributed by atoms with Crippen LogP contribution >= 0.6 is 35.0 Å². The third kappa shape index (κ3) is 3.79. The zero-order valence-corrected chi connectivity index (χ0v) is 12.1. The summed E-state index contributed by atoms with van der Waals surface area (Å²) in [6.45, 7) is 3.32. The molecule has 0 aliphatic carbocycles. The number of rotatable bonds is 3. The molecule has 98 valence electrons. The molecule has 1 aromatic carbocycles. The average molecular weight is 305 g/mol. The second kappa shape index (κ2) is 6.66. The summed E-state index contributed by atoms with van der Waals surface area (Å²) in [5.74, 6) is 0.578. The zero-order chi connectivity index (χ0) is 13.0. The number of amides is 1. The van der Waals surface area contributed by atoms with Crippen molar-refractivity contribution in [3.05, 3.63) is 28.2 Å². The van der Waals surface area contributed by atoms with E-state index in [4.69, 9.17) is 23.2 Å². The van der Waals surface area contributed by atoms with Crippen LogP contribution in [0.2, 0.25) is 10.0 Å². The third-order valence-electron chi connectivity index (χ3n) is 2.71. The van der Waals surface area contributed by atoms with Crippen molar-refractivity contribution in [2.45, 2.75) is 4.90 Å². The summed E-state index contributed by atoms with van der Waals surface area (Å²) in [5, 5.41) is 4.43. The summed E-state index contributed by atoms with van der Waals surface area (Å²) in [7, 11) is 0. The van der Waals surface area contributed by atoms with E-state index in [9.17, 15) is 4.79 Å². The van der Waals surface area contributed by atoms with Gasteiger partial charge in [-0.2, -0.15) is 0 Å². The van der Waals surface area contributed by atoms with Gasteiger partial charge in [0.25, 0.3) is 0 Å². The molecule has 1 aliphatic heterocycles. The third-order valence-corrected chi connectivity index (χ3v) is 4.43. The quantitative estimate of drug-likeness (QED) is 0.871. The van der Waals surface area contributed by atoms with Gasteiger partial charge < -0.3 is 10.2 Å². The first-order valence-corrected chi connectivity index (χ1v) is 7.47. The fourth-order valence-corrected chi connectivity index (χ4v) is 3.13. The molecule has 0 saturated carbocycles. The molecule has 6 heteroatoms. The SMILES string of the molecule is O=C(CSc1ccc(Cl)cc1Cl)N1CCNCC1. The average Bonchev–Trinajstić information content (AvgIpc) is 2.38. The molecule has 18 heavy (non-hydrogen) atoms. The fourth-order valence-electron chi connectivity index (χ4n) is 1.74. The van der Waals surface area contributed by atoms with Crippen LogP contribution in [0.3, 0.4) is 0 Å². The zero-order valence-electron chi connectivity index (χ0n) is 9.79. The van der Waals surface area contributed by atoms with Crippen molar-refractivity contribution in [3.8, 4) is 0 Å². The van der Waals surface area contributed by atoms with Gasteiger partial charge in [-0.15, -0.1) is 11.8 Å². The Bertz CT molecular complexity index is 436. The summed E-state index contributed by atoms with van der Waals surface area (Å²) in [5.41, 5.74) is 0. The van der Waals surface area contributed by atoms with E-state index >= 15 is 0 Å². The number of hydrogen-bond donors (Lipinski definition) is 1.